The second-order valence-electron chi connectivity index (χ2n) is 1.30. The van der Waals surface area contributed by atoms with Crippen molar-refractivity contribution in [3.8, 4) is 11.8 Å². The summed E-state index contributed by atoms with van der Waals surface area (Å²) >= 11 is 0. The molecule has 0 aromatic rings. The van der Waals surface area contributed by atoms with Gasteiger partial charge in [0.15, 0.2) is 0 Å². The van der Waals surface area contributed by atoms with Crippen LogP contribution in [0.3, 0.4) is 0 Å². The van der Waals surface area contributed by atoms with Crippen LogP contribution in [-0.4, -0.2) is 24.9 Å². The van der Waals surface area contributed by atoms with Crippen molar-refractivity contribution >= 4 is 0 Å². The molecule has 0 bridgehead atoms. The SMILES string of the molecule is C=CC#CCOCCO. The second-order valence-corrected chi connectivity index (χ2v) is 1.30. The van der Waals surface area contributed by atoms with Crippen molar-refractivity contribution in [2.75, 3.05) is 19.8 Å². The zero-order valence-electron chi connectivity index (χ0n) is 5.26. The van der Waals surface area contributed by atoms with Crippen LogP contribution in [-0.2, 0) is 4.74 Å². The minimum atomic E-state index is 0.0514. The first-order valence-electron chi connectivity index (χ1n) is 2.69. The highest BCUT2D eigenvalue weighted by Crippen LogP contribution is 1.69. The Balaban J connectivity index is 2.99. The molecule has 0 aliphatic carbocycles. The van der Waals surface area contributed by atoms with Crippen LogP contribution in [0.2, 0.25) is 0 Å². The molecule has 0 unspecified atom stereocenters. The van der Waals surface area contributed by atoms with Crippen molar-refractivity contribution in [1.29, 1.82) is 0 Å². The van der Waals surface area contributed by atoms with E-state index in [-0.39, 0.29) is 6.61 Å². The maximum Gasteiger partial charge on any atom is 0.108 e. The Bertz CT molecular complexity index is 119. The number of rotatable bonds is 3. The third kappa shape index (κ3) is 7.22. The van der Waals surface area contributed by atoms with Crippen molar-refractivity contribution in [3.05, 3.63) is 12.7 Å². The van der Waals surface area contributed by atoms with E-state index in [9.17, 15) is 0 Å². The normalized spacial score (nSPS) is 7.67. The summed E-state index contributed by atoms with van der Waals surface area (Å²) in [5, 5.41) is 8.23. The number of ether oxygens (including phenoxy) is 1. The fourth-order valence-electron chi connectivity index (χ4n) is 0.302. The van der Waals surface area contributed by atoms with Crippen LogP contribution < -0.4 is 0 Å². The molecule has 0 aromatic heterocycles. The summed E-state index contributed by atoms with van der Waals surface area (Å²) in [5.41, 5.74) is 0. The van der Waals surface area contributed by atoms with Crippen LogP contribution in [0.5, 0.6) is 0 Å². The fourth-order valence-corrected chi connectivity index (χ4v) is 0.302. The van der Waals surface area contributed by atoms with Gasteiger partial charge < -0.3 is 9.84 Å². The minimum absolute atomic E-state index is 0.0514. The Morgan fingerprint density at radius 2 is 2.44 bits per heavy atom. The molecule has 9 heavy (non-hydrogen) atoms. The number of hydrogen-bond donors (Lipinski definition) is 1. The number of aliphatic hydroxyl groups is 1. The van der Waals surface area contributed by atoms with Gasteiger partial charge in [0, 0.05) is 0 Å². The quantitative estimate of drug-likeness (QED) is 0.432. The number of aliphatic hydroxyl groups excluding tert-OH is 1. The summed E-state index contributed by atoms with van der Waals surface area (Å²) in [6, 6.07) is 0. The van der Waals surface area contributed by atoms with E-state index in [1.165, 1.54) is 6.08 Å². The zero-order chi connectivity index (χ0) is 6.95. The molecular weight excluding hydrogens is 116 g/mol. The van der Waals surface area contributed by atoms with Crippen LogP contribution in [0.15, 0.2) is 12.7 Å². The average Bonchev–Trinajstić information content (AvgIpc) is 1.89. The van der Waals surface area contributed by atoms with Gasteiger partial charge >= 0.3 is 0 Å². The van der Waals surface area contributed by atoms with Gasteiger partial charge in [0.25, 0.3) is 0 Å². The monoisotopic (exact) mass is 126 g/mol. The maximum atomic E-state index is 8.23. The third-order valence-corrected chi connectivity index (χ3v) is 0.614. The molecule has 0 heterocycles. The highest BCUT2D eigenvalue weighted by molar-refractivity contribution is 5.12. The molecule has 0 aromatic carbocycles. The lowest BCUT2D eigenvalue weighted by Gasteiger charge is -1.91. The lowest BCUT2D eigenvalue weighted by molar-refractivity contribution is 0.115. The Morgan fingerprint density at radius 3 is 3.00 bits per heavy atom. The molecule has 0 aliphatic rings. The first-order valence-corrected chi connectivity index (χ1v) is 2.69. The summed E-state index contributed by atoms with van der Waals surface area (Å²) in [4.78, 5) is 0. The van der Waals surface area contributed by atoms with Gasteiger partial charge in [-0.25, -0.2) is 0 Å². The standard InChI is InChI=1S/C7H10O2/c1-2-3-4-6-9-7-5-8/h2,8H,1,5-7H2. The lowest BCUT2D eigenvalue weighted by atomic mass is 10.6. The zero-order valence-corrected chi connectivity index (χ0v) is 5.26. The Kier molecular flexibility index (Phi) is 6.59. The highest BCUT2D eigenvalue weighted by Gasteiger charge is 1.77. The predicted molar refractivity (Wildman–Crippen MR) is 35.9 cm³/mol. The molecule has 0 atom stereocenters. The van der Waals surface area contributed by atoms with Crippen LogP contribution >= 0.6 is 0 Å². The van der Waals surface area contributed by atoms with Crippen molar-refractivity contribution in [2.24, 2.45) is 0 Å². The molecule has 2 nitrogen and oxygen atoms in total. The van der Waals surface area contributed by atoms with Gasteiger partial charge in [-0.2, -0.15) is 0 Å². The van der Waals surface area contributed by atoms with Gasteiger partial charge in [0.2, 0.25) is 0 Å². The lowest BCUT2D eigenvalue weighted by Crippen LogP contribution is -1.98. The highest BCUT2D eigenvalue weighted by atomic mass is 16.5. The van der Waals surface area contributed by atoms with Crippen LogP contribution in [0.4, 0.5) is 0 Å². The third-order valence-electron chi connectivity index (χ3n) is 0.614. The molecule has 0 amide bonds. The summed E-state index contributed by atoms with van der Waals surface area (Å²) in [6.45, 7) is 4.17. The summed E-state index contributed by atoms with van der Waals surface area (Å²) in [7, 11) is 0. The first-order chi connectivity index (χ1) is 4.41. The molecule has 1 N–H and O–H groups in total. The van der Waals surface area contributed by atoms with Crippen molar-refractivity contribution in [3.63, 3.8) is 0 Å². The van der Waals surface area contributed by atoms with E-state index >= 15 is 0 Å². The van der Waals surface area contributed by atoms with E-state index in [4.69, 9.17) is 9.84 Å². The van der Waals surface area contributed by atoms with Crippen LogP contribution in [0.1, 0.15) is 0 Å². The van der Waals surface area contributed by atoms with Crippen LogP contribution in [0.25, 0.3) is 0 Å². The van der Waals surface area contributed by atoms with Crippen molar-refractivity contribution in [1.82, 2.24) is 0 Å². The molecule has 50 valence electrons. The van der Waals surface area contributed by atoms with Gasteiger partial charge in [0.05, 0.1) is 13.2 Å². The molecular formula is C7H10O2. The van der Waals surface area contributed by atoms with E-state index in [0.29, 0.717) is 13.2 Å². The largest absolute Gasteiger partial charge is 0.394 e. The molecule has 0 aliphatic heterocycles. The molecule has 0 radical (unpaired) electrons. The fraction of sp³-hybridized carbons (Fsp3) is 0.429. The molecule has 0 spiro atoms. The van der Waals surface area contributed by atoms with Gasteiger partial charge in [-0.1, -0.05) is 18.4 Å². The van der Waals surface area contributed by atoms with E-state index in [1.807, 2.05) is 0 Å². The Morgan fingerprint density at radius 1 is 1.67 bits per heavy atom. The van der Waals surface area contributed by atoms with Crippen molar-refractivity contribution < 1.29 is 9.84 Å². The maximum absolute atomic E-state index is 8.23. The number of hydrogen-bond acceptors (Lipinski definition) is 2. The smallest absolute Gasteiger partial charge is 0.108 e. The topological polar surface area (TPSA) is 29.5 Å². The molecule has 0 saturated heterocycles. The predicted octanol–water partition coefficient (Wildman–Crippen LogP) is 0.185. The molecule has 2 heteroatoms. The minimum Gasteiger partial charge on any atom is -0.394 e. The van der Waals surface area contributed by atoms with E-state index in [2.05, 4.69) is 18.4 Å². The molecule has 0 saturated carbocycles. The second kappa shape index (κ2) is 7.22. The van der Waals surface area contributed by atoms with E-state index < -0.39 is 0 Å². The van der Waals surface area contributed by atoms with E-state index in [1.54, 1.807) is 0 Å². The van der Waals surface area contributed by atoms with Gasteiger partial charge in [-0.15, -0.1) is 0 Å². The Hall–Kier alpha value is -0.780. The molecule has 0 rings (SSSR count). The Labute approximate surface area is 55.1 Å². The van der Waals surface area contributed by atoms with Crippen molar-refractivity contribution in [2.45, 2.75) is 0 Å². The van der Waals surface area contributed by atoms with Gasteiger partial charge in [-0.3, -0.25) is 0 Å². The summed E-state index contributed by atoms with van der Waals surface area (Å²) < 4.78 is 4.81. The molecule has 0 fully saturated rings. The van der Waals surface area contributed by atoms with E-state index in [0.717, 1.165) is 0 Å². The van der Waals surface area contributed by atoms with Crippen LogP contribution in [0, 0.1) is 11.8 Å². The summed E-state index contributed by atoms with van der Waals surface area (Å²) in [5.74, 6) is 5.28. The van der Waals surface area contributed by atoms with Gasteiger partial charge in [-0.05, 0) is 6.08 Å². The number of allylic oxidation sites excluding steroid dienone is 1. The average molecular weight is 126 g/mol. The summed E-state index contributed by atoms with van der Waals surface area (Å²) in [6.07, 6.45) is 1.50. The van der Waals surface area contributed by atoms with Gasteiger partial charge in [0.1, 0.15) is 6.61 Å². The first kappa shape index (κ1) is 8.22.